The zero-order valence-electron chi connectivity index (χ0n) is 47.2. The van der Waals surface area contributed by atoms with E-state index in [4.69, 9.17) is 0 Å². The molecule has 2 aromatic heterocycles. The molecule has 0 saturated carbocycles. The van der Waals surface area contributed by atoms with Crippen LogP contribution in [0.15, 0.2) is 213 Å². The fourth-order valence-corrected chi connectivity index (χ4v) is 14.8. The smallest absolute Gasteiger partial charge is 0.0538 e. The zero-order valence-corrected chi connectivity index (χ0v) is 50.2. The predicted octanol–water partition coefficient (Wildman–Crippen LogP) is 22.6. The van der Waals surface area contributed by atoms with Crippen molar-refractivity contribution in [2.45, 2.75) is 78.1 Å². The number of rotatable bonds is 3. The number of benzene rings is 9. The third kappa shape index (κ3) is 8.62. The van der Waals surface area contributed by atoms with Crippen LogP contribution in [0, 0.1) is 0 Å². The van der Waals surface area contributed by atoms with Gasteiger partial charge in [-0.1, -0.05) is 220 Å². The summed E-state index contributed by atoms with van der Waals surface area (Å²) in [4.78, 5) is 3.53. The third-order valence-corrected chi connectivity index (χ3v) is 18.4. The first-order chi connectivity index (χ1) is 39.0. The van der Waals surface area contributed by atoms with Crippen LogP contribution >= 0.6 is 33.9 Å². The molecule has 2 heterocycles. The Kier molecular flexibility index (Phi) is 14.3. The van der Waals surface area contributed by atoms with Crippen molar-refractivity contribution >= 4 is 77.8 Å². The molecule has 3 heteroatoms. The average molecular weight is 1170 g/mol. The van der Waals surface area contributed by atoms with Crippen molar-refractivity contribution in [2.24, 2.45) is 0 Å². The summed E-state index contributed by atoms with van der Waals surface area (Å²) in [7, 11) is 0. The average Bonchev–Trinajstić information content (AvgIpc) is 4.43. The van der Waals surface area contributed by atoms with Crippen LogP contribution in [-0.2, 0) is 23.7 Å². The first kappa shape index (κ1) is 53.1. The van der Waals surface area contributed by atoms with E-state index >= 15 is 0 Å². The van der Waals surface area contributed by atoms with Crippen LogP contribution in [0.5, 0.6) is 0 Å². The Morgan fingerprint density at radius 3 is 1.71 bits per heavy atom. The molecule has 80 heavy (non-hydrogen) atoms. The maximum absolute atomic E-state index is 3.36. The Morgan fingerprint density at radius 1 is 0.450 bits per heavy atom. The Morgan fingerprint density at radius 2 is 0.963 bits per heavy atom. The molecular weight excluding hydrogens is 1100 g/mol. The van der Waals surface area contributed by atoms with Gasteiger partial charge in [0.25, 0.3) is 0 Å². The highest BCUT2D eigenvalue weighted by molar-refractivity contribution is 14.1. The minimum atomic E-state index is -0.0258. The van der Waals surface area contributed by atoms with E-state index in [9.17, 15) is 0 Å². The lowest BCUT2D eigenvalue weighted by atomic mass is 9.81. The second-order valence-corrected chi connectivity index (χ2v) is 23.7. The number of hydrogen-bond donors (Lipinski definition) is 0. The molecule has 1 nitrogen and oxygen atoms in total. The standard InChI is InChI=1S/C58H43N.C12H10S.2C3H6.CH3I/c1-57(2)50-18-9-6-13-40(50)47-31-35(22-27-51(47)57)36-23-28-55-48(32-36)42-14-7-10-19-53(42)59(55)54-29-26-44-38-24-20-34(30-46(38)43-15-11-16-45(54)56(43)44)37-21-25-41-39-12-5-8-17-49(39)58(3,4)52(41)33-37;1-3-7-11-9(5-1)10-6-2-4-8-12(10)13-11;2*1-3-2;1-2/h5-9,11-18,20-33H,10,19H2,1-4H3;1-3,5-7H,4,8H2;2*3H,1H2,2H3;1H3. The maximum Gasteiger partial charge on any atom is 0.0538 e. The summed E-state index contributed by atoms with van der Waals surface area (Å²) in [6.07, 6.45) is 17.3. The Labute approximate surface area is 491 Å². The van der Waals surface area contributed by atoms with E-state index in [0.717, 1.165) is 12.8 Å². The van der Waals surface area contributed by atoms with Crippen molar-refractivity contribution in [3.63, 3.8) is 0 Å². The molecule has 0 spiro atoms. The number of hydrogen-bond acceptors (Lipinski definition) is 1. The zero-order chi connectivity index (χ0) is 55.5. The molecule has 9 aromatic carbocycles. The molecule has 0 aliphatic heterocycles. The van der Waals surface area contributed by atoms with E-state index in [1.807, 2.05) is 30.1 Å². The second-order valence-electron chi connectivity index (χ2n) is 22.5. The number of thiophene rings is 1. The molecule has 394 valence electrons. The summed E-state index contributed by atoms with van der Waals surface area (Å²) in [5.74, 6) is 0. The fourth-order valence-electron chi connectivity index (χ4n) is 13.6. The molecule has 0 radical (unpaired) electrons. The van der Waals surface area contributed by atoms with Gasteiger partial charge in [0.1, 0.15) is 0 Å². The monoisotopic (exact) mass is 1170 g/mol. The van der Waals surface area contributed by atoms with Gasteiger partial charge in [0.2, 0.25) is 0 Å². The Balaban J connectivity index is 0.000000257. The molecule has 11 aromatic rings. The summed E-state index contributed by atoms with van der Waals surface area (Å²) < 4.78 is 4.01. The van der Waals surface area contributed by atoms with E-state index in [0.29, 0.717) is 0 Å². The fraction of sp³-hybridized carbons (Fsp3) is 0.169. The van der Waals surface area contributed by atoms with Gasteiger partial charge in [-0.25, -0.2) is 0 Å². The quantitative estimate of drug-likeness (QED) is 0.0944. The van der Waals surface area contributed by atoms with Crippen molar-refractivity contribution in [1.29, 1.82) is 0 Å². The lowest BCUT2D eigenvalue weighted by Gasteiger charge is -2.22. The van der Waals surface area contributed by atoms with Crippen LogP contribution in [0.3, 0.4) is 0 Å². The molecule has 0 bridgehead atoms. The lowest BCUT2D eigenvalue weighted by molar-refractivity contribution is 0.660. The van der Waals surface area contributed by atoms with E-state index in [2.05, 4.69) is 268 Å². The number of allylic oxidation sites excluding steroid dienone is 4. The maximum atomic E-state index is 3.36. The molecule has 0 atom stereocenters. The molecule has 0 amide bonds. The molecular formula is C77H68INS. The molecule has 0 saturated heterocycles. The number of nitrogens with zero attached hydrogens (tertiary/aromatic N) is 1. The van der Waals surface area contributed by atoms with Crippen molar-refractivity contribution < 1.29 is 0 Å². The van der Waals surface area contributed by atoms with Crippen molar-refractivity contribution in [2.75, 3.05) is 4.93 Å². The topological polar surface area (TPSA) is 4.93 Å². The van der Waals surface area contributed by atoms with Crippen LogP contribution in [-0.4, -0.2) is 9.50 Å². The van der Waals surface area contributed by atoms with E-state index in [1.165, 1.54) is 156 Å². The van der Waals surface area contributed by atoms with Crippen molar-refractivity contribution in [3.05, 3.63) is 257 Å². The van der Waals surface area contributed by atoms with Crippen molar-refractivity contribution in [3.8, 4) is 72.4 Å². The van der Waals surface area contributed by atoms with E-state index in [-0.39, 0.29) is 10.8 Å². The minimum Gasteiger partial charge on any atom is -0.312 e. The molecule has 0 N–H and O–H groups in total. The summed E-state index contributed by atoms with van der Waals surface area (Å²) in [5.41, 5.74) is 28.3. The van der Waals surface area contributed by atoms with Crippen molar-refractivity contribution in [1.82, 2.24) is 4.57 Å². The highest BCUT2D eigenvalue weighted by atomic mass is 127. The van der Waals surface area contributed by atoms with Gasteiger partial charge in [-0.3, -0.25) is 0 Å². The van der Waals surface area contributed by atoms with Gasteiger partial charge in [0, 0.05) is 42.4 Å². The number of aryl methyl sites for hydroxylation is 1. The van der Waals surface area contributed by atoms with Crippen LogP contribution in [0.25, 0.3) is 116 Å². The number of fused-ring (bicyclic) bond motifs is 15. The normalized spacial score (nSPS) is 14.2. The van der Waals surface area contributed by atoms with E-state index < -0.39 is 0 Å². The largest absolute Gasteiger partial charge is 0.312 e. The SMILES string of the molecule is C1=Cc2c(sc3ccccc23)CC1.C=CC.C=CC.CC1(C)c2ccccc2-c2cc(-c3ccc4c(c3)c3c(n4-c4ccc5c6c(cccc46)-c4cc(-c6ccc7c(c6)C(C)(C)c6ccccc6-7)ccc4-5)CCC=C3)ccc21.CI. The molecule has 0 fully saturated rings. The minimum absolute atomic E-state index is 0.00591. The highest BCUT2D eigenvalue weighted by Crippen LogP contribution is 2.54. The third-order valence-electron chi connectivity index (χ3n) is 17.2. The number of alkyl halides is 1. The predicted molar refractivity (Wildman–Crippen MR) is 359 cm³/mol. The summed E-state index contributed by atoms with van der Waals surface area (Å²) in [5, 5.41) is 5.43. The van der Waals surface area contributed by atoms with E-state index in [1.54, 1.807) is 17.0 Å². The summed E-state index contributed by atoms with van der Waals surface area (Å²) >= 11 is 4.10. The van der Waals surface area contributed by atoms with Gasteiger partial charge in [-0.15, -0.1) is 24.5 Å². The molecule has 5 aliphatic carbocycles. The first-order valence-electron chi connectivity index (χ1n) is 28.3. The molecule has 5 aliphatic rings. The van der Waals surface area contributed by atoms with Crippen LogP contribution < -0.4 is 0 Å². The van der Waals surface area contributed by atoms with Gasteiger partial charge >= 0.3 is 0 Å². The van der Waals surface area contributed by atoms with Crippen LogP contribution in [0.4, 0.5) is 0 Å². The van der Waals surface area contributed by atoms with Gasteiger partial charge in [0.15, 0.2) is 0 Å². The van der Waals surface area contributed by atoms with Crippen LogP contribution in [0.2, 0.25) is 0 Å². The van der Waals surface area contributed by atoms with Gasteiger partial charge < -0.3 is 4.57 Å². The molecule has 0 unspecified atom stereocenters. The van der Waals surface area contributed by atoms with Gasteiger partial charge in [-0.05, 0) is 192 Å². The number of halogens is 1. The highest BCUT2D eigenvalue weighted by Gasteiger charge is 2.37. The number of aromatic nitrogens is 1. The van der Waals surface area contributed by atoms with Crippen LogP contribution in [0.1, 0.15) is 98.3 Å². The second kappa shape index (κ2) is 21.5. The summed E-state index contributed by atoms with van der Waals surface area (Å²) in [6.45, 7) is 20.0. The molecule has 16 rings (SSSR count). The van der Waals surface area contributed by atoms with Gasteiger partial charge in [0.05, 0.1) is 11.2 Å². The Bertz CT molecular complexity index is 4330. The Hall–Kier alpha value is -7.57. The lowest BCUT2D eigenvalue weighted by Crippen LogP contribution is -2.14. The van der Waals surface area contributed by atoms with Gasteiger partial charge in [-0.2, -0.15) is 0 Å². The summed E-state index contributed by atoms with van der Waals surface area (Å²) in [6, 6.07) is 66.8. The first-order valence-corrected chi connectivity index (χ1v) is 31.3.